The number of aromatic nitrogens is 3. The Morgan fingerprint density at radius 3 is 2.29 bits per heavy atom. The van der Waals surface area contributed by atoms with Gasteiger partial charge in [-0.25, -0.2) is 4.98 Å². The van der Waals surface area contributed by atoms with Crippen molar-refractivity contribution in [2.24, 2.45) is 0 Å². The van der Waals surface area contributed by atoms with Crippen molar-refractivity contribution in [3.05, 3.63) is 127 Å². The molecule has 0 bridgehead atoms. The number of benzene rings is 3. The minimum Gasteiger partial charge on any atom is -0.461 e. The van der Waals surface area contributed by atoms with Crippen molar-refractivity contribution >= 4 is 22.0 Å². The van der Waals surface area contributed by atoms with Crippen LogP contribution in [-0.4, -0.2) is 14.5 Å². The number of pyridine rings is 2. The molecule has 3 aromatic carbocycles. The third-order valence-electron chi connectivity index (χ3n) is 7.19. The molecule has 7 rings (SSSR count). The maximum atomic E-state index is 6.35. The summed E-state index contributed by atoms with van der Waals surface area (Å²) in [5.41, 5.74) is 11.7. The first-order valence-corrected chi connectivity index (χ1v) is 12.9. The first-order valence-electron chi connectivity index (χ1n) is 12.9. The molecule has 7 aromatic rings. The summed E-state index contributed by atoms with van der Waals surface area (Å²) in [6, 6.07) is 35.7. The predicted octanol–water partition coefficient (Wildman–Crippen LogP) is 8.73. The number of furan rings is 1. The van der Waals surface area contributed by atoms with E-state index >= 15 is 0 Å². The van der Waals surface area contributed by atoms with Crippen molar-refractivity contribution in [1.82, 2.24) is 14.5 Å². The van der Waals surface area contributed by atoms with Crippen LogP contribution < -0.4 is 0 Å². The molecule has 0 unspecified atom stereocenters. The van der Waals surface area contributed by atoms with Crippen LogP contribution in [-0.2, 0) is 6.42 Å². The molecule has 0 N–H and O–H groups in total. The standard InChI is InChI=1S/C34H25N3O/c1-2-23-9-6-7-12-27(23)29-22-38-34-28-21-25(31-14-8-13-30(36-31)24-17-19-35-20-18-24)15-16-32(28)37(33(29)34)26-10-4-3-5-11-26/h3-22H,2H2,1H3. The zero-order valence-corrected chi connectivity index (χ0v) is 21.0. The topological polar surface area (TPSA) is 43.9 Å². The van der Waals surface area contributed by atoms with Crippen LogP contribution in [0.3, 0.4) is 0 Å². The van der Waals surface area contributed by atoms with Crippen molar-refractivity contribution in [2.75, 3.05) is 0 Å². The van der Waals surface area contributed by atoms with Gasteiger partial charge in [0.25, 0.3) is 0 Å². The Morgan fingerprint density at radius 1 is 0.711 bits per heavy atom. The van der Waals surface area contributed by atoms with Gasteiger partial charge in [-0.1, -0.05) is 61.5 Å². The number of para-hydroxylation sites is 1. The second kappa shape index (κ2) is 9.16. The second-order valence-corrected chi connectivity index (χ2v) is 9.38. The third-order valence-corrected chi connectivity index (χ3v) is 7.19. The Bertz CT molecular complexity index is 1900. The highest BCUT2D eigenvalue weighted by Crippen LogP contribution is 2.41. The zero-order valence-electron chi connectivity index (χ0n) is 21.0. The summed E-state index contributed by atoms with van der Waals surface area (Å²) in [5, 5.41) is 1.07. The van der Waals surface area contributed by atoms with E-state index in [1.165, 1.54) is 11.1 Å². The van der Waals surface area contributed by atoms with Gasteiger partial charge in [-0.05, 0) is 66.1 Å². The fourth-order valence-corrected chi connectivity index (χ4v) is 5.36. The molecular formula is C34H25N3O. The first kappa shape index (κ1) is 22.3. The predicted molar refractivity (Wildman–Crippen MR) is 154 cm³/mol. The number of nitrogens with zero attached hydrogens (tertiary/aromatic N) is 3. The van der Waals surface area contributed by atoms with E-state index in [4.69, 9.17) is 9.40 Å². The molecule has 4 heteroatoms. The van der Waals surface area contributed by atoms with Crippen LogP contribution in [0.2, 0.25) is 0 Å². The Morgan fingerprint density at radius 2 is 1.47 bits per heavy atom. The lowest BCUT2D eigenvalue weighted by atomic mass is 9.99. The summed E-state index contributed by atoms with van der Waals surface area (Å²) in [5.74, 6) is 0. The summed E-state index contributed by atoms with van der Waals surface area (Å²) >= 11 is 0. The van der Waals surface area contributed by atoms with E-state index in [2.05, 4.69) is 101 Å². The highest BCUT2D eigenvalue weighted by molar-refractivity contribution is 6.12. The highest BCUT2D eigenvalue weighted by atomic mass is 16.3. The molecule has 182 valence electrons. The van der Waals surface area contributed by atoms with Gasteiger partial charge in [0.05, 0.1) is 16.9 Å². The number of rotatable bonds is 5. The van der Waals surface area contributed by atoms with Crippen molar-refractivity contribution in [3.63, 3.8) is 0 Å². The van der Waals surface area contributed by atoms with E-state index < -0.39 is 0 Å². The Balaban J connectivity index is 1.47. The molecule has 0 fully saturated rings. The molecule has 0 atom stereocenters. The summed E-state index contributed by atoms with van der Waals surface area (Å²) in [4.78, 5) is 9.11. The lowest BCUT2D eigenvalue weighted by Crippen LogP contribution is -1.95. The van der Waals surface area contributed by atoms with E-state index in [1.54, 1.807) is 12.4 Å². The molecule has 0 spiro atoms. The van der Waals surface area contributed by atoms with Crippen LogP contribution in [0, 0.1) is 0 Å². The van der Waals surface area contributed by atoms with Crippen molar-refractivity contribution in [1.29, 1.82) is 0 Å². The van der Waals surface area contributed by atoms with Gasteiger partial charge in [0, 0.05) is 40.2 Å². The monoisotopic (exact) mass is 491 g/mol. The Labute approximate surface area is 220 Å². The number of fused-ring (bicyclic) bond motifs is 3. The molecule has 4 heterocycles. The normalized spacial score (nSPS) is 11.4. The van der Waals surface area contributed by atoms with Crippen LogP contribution in [0.4, 0.5) is 0 Å². The maximum Gasteiger partial charge on any atom is 0.160 e. The minimum absolute atomic E-state index is 0.886. The molecule has 0 saturated heterocycles. The van der Waals surface area contributed by atoms with Gasteiger partial charge in [0.1, 0.15) is 11.8 Å². The summed E-state index contributed by atoms with van der Waals surface area (Å²) in [6.07, 6.45) is 6.46. The van der Waals surface area contributed by atoms with E-state index in [1.807, 2.05) is 24.5 Å². The van der Waals surface area contributed by atoms with Crippen LogP contribution >= 0.6 is 0 Å². The van der Waals surface area contributed by atoms with Crippen LogP contribution in [0.25, 0.3) is 61.3 Å². The van der Waals surface area contributed by atoms with Gasteiger partial charge in [-0.15, -0.1) is 0 Å². The van der Waals surface area contributed by atoms with Crippen LogP contribution in [0.5, 0.6) is 0 Å². The zero-order chi connectivity index (χ0) is 25.5. The average molecular weight is 492 g/mol. The van der Waals surface area contributed by atoms with Gasteiger partial charge in [0.15, 0.2) is 5.58 Å². The summed E-state index contributed by atoms with van der Waals surface area (Å²) in [7, 11) is 0. The first-order chi connectivity index (χ1) is 18.8. The molecule has 38 heavy (non-hydrogen) atoms. The van der Waals surface area contributed by atoms with Gasteiger partial charge in [-0.2, -0.15) is 0 Å². The van der Waals surface area contributed by atoms with E-state index in [9.17, 15) is 0 Å². The lowest BCUT2D eigenvalue weighted by Gasteiger charge is -2.11. The fourth-order valence-electron chi connectivity index (χ4n) is 5.36. The second-order valence-electron chi connectivity index (χ2n) is 9.38. The third kappa shape index (κ3) is 3.61. The van der Waals surface area contributed by atoms with E-state index in [-0.39, 0.29) is 0 Å². The lowest BCUT2D eigenvalue weighted by molar-refractivity contribution is 0.620. The summed E-state index contributed by atoms with van der Waals surface area (Å²) in [6.45, 7) is 2.20. The quantitative estimate of drug-likeness (QED) is 0.242. The van der Waals surface area contributed by atoms with Crippen molar-refractivity contribution in [3.8, 4) is 39.3 Å². The Hall–Kier alpha value is -4.96. The van der Waals surface area contributed by atoms with E-state index in [0.29, 0.717) is 0 Å². The molecule has 0 saturated carbocycles. The average Bonchev–Trinajstić information content (AvgIpc) is 3.56. The minimum atomic E-state index is 0.886. The van der Waals surface area contributed by atoms with Crippen molar-refractivity contribution < 1.29 is 4.42 Å². The smallest absolute Gasteiger partial charge is 0.160 e. The molecular weight excluding hydrogens is 466 g/mol. The molecule has 0 aliphatic heterocycles. The number of hydrogen-bond acceptors (Lipinski definition) is 3. The van der Waals surface area contributed by atoms with Crippen molar-refractivity contribution in [2.45, 2.75) is 13.3 Å². The van der Waals surface area contributed by atoms with Gasteiger partial charge in [0.2, 0.25) is 0 Å². The van der Waals surface area contributed by atoms with Crippen LogP contribution in [0.15, 0.2) is 126 Å². The van der Waals surface area contributed by atoms with Gasteiger partial charge in [-0.3, -0.25) is 4.98 Å². The number of aryl methyl sites for hydroxylation is 1. The van der Waals surface area contributed by atoms with Gasteiger partial charge < -0.3 is 8.98 Å². The molecule has 0 radical (unpaired) electrons. The molecule has 0 amide bonds. The number of hydrogen-bond donors (Lipinski definition) is 0. The highest BCUT2D eigenvalue weighted by Gasteiger charge is 2.21. The Kier molecular flexibility index (Phi) is 5.37. The fraction of sp³-hybridized carbons (Fsp3) is 0.0588. The van der Waals surface area contributed by atoms with Crippen LogP contribution in [0.1, 0.15) is 12.5 Å². The maximum absolute atomic E-state index is 6.35. The van der Waals surface area contributed by atoms with Gasteiger partial charge >= 0.3 is 0 Å². The molecule has 0 aliphatic carbocycles. The summed E-state index contributed by atoms with van der Waals surface area (Å²) < 4.78 is 8.67. The molecule has 4 aromatic heterocycles. The molecule has 0 aliphatic rings. The van der Waals surface area contributed by atoms with E-state index in [0.717, 1.165) is 62.2 Å². The molecule has 4 nitrogen and oxygen atoms in total. The SMILES string of the molecule is CCc1ccccc1-c1coc2c3cc(-c4cccc(-c5ccncc5)n4)ccc3n(-c3ccccc3)c12. The largest absolute Gasteiger partial charge is 0.461 e.